The van der Waals surface area contributed by atoms with Crippen LogP contribution < -0.4 is 0 Å². The normalized spacial score (nSPS) is 13.6. The van der Waals surface area contributed by atoms with Gasteiger partial charge in [0.15, 0.2) is 0 Å². The number of likely N-dealkylation sites (N-methyl/N-ethyl adjacent to an activating group) is 1. The molecule has 0 fully saturated rings. The van der Waals surface area contributed by atoms with E-state index in [1.165, 1.54) is 0 Å². The van der Waals surface area contributed by atoms with Crippen LogP contribution in [0.2, 0.25) is 0 Å². The van der Waals surface area contributed by atoms with E-state index in [0.29, 0.717) is 13.2 Å². The van der Waals surface area contributed by atoms with Gasteiger partial charge in [0.1, 0.15) is 5.82 Å². The fourth-order valence-corrected chi connectivity index (χ4v) is 1.57. The van der Waals surface area contributed by atoms with Crippen molar-refractivity contribution in [1.29, 1.82) is 0 Å². The maximum Gasteiger partial charge on any atom is 0.122 e. The van der Waals surface area contributed by atoms with E-state index in [2.05, 4.69) is 4.98 Å². The molecule has 17 heavy (non-hydrogen) atoms. The van der Waals surface area contributed by atoms with Gasteiger partial charge in [-0.1, -0.05) is 0 Å². The molecule has 98 valence electrons. The number of aliphatic hydroxyl groups is 1. The number of ether oxygens (including phenoxy) is 1. The second-order valence-electron chi connectivity index (χ2n) is 4.69. The third-order valence-electron chi connectivity index (χ3n) is 2.48. The van der Waals surface area contributed by atoms with Gasteiger partial charge in [-0.05, 0) is 20.9 Å². The first-order valence-corrected chi connectivity index (χ1v) is 5.93. The van der Waals surface area contributed by atoms with E-state index in [4.69, 9.17) is 4.74 Å². The fourth-order valence-electron chi connectivity index (χ4n) is 1.57. The largest absolute Gasteiger partial charge is 0.389 e. The first-order valence-electron chi connectivity index (χ1n) is 5.93. The third-order valence-corrected chi connectivity index (χ3v) is 2.48. The lowest BCUT2D eigenvalue weighted by atomic mass is 10.3. The molecule has 1 N–H and O–H groups in total. The molecule has 5 nitrogen and oxygen atoms in total. The van der Waals surface area contributed by atoms with Crippen LogP contribution in [0.25, 0.3) is 0 Å². The van der Waals surface area contributed by atoms with Gasteiger partial charge in [-0.25, -0.2) is 4.98 Å². The molecule has 0 bridgehead atoms. The van der Waals surface area contributed by atoms with Crippen molar-refractivity contribution in [2.45, 2.75) is 32.6 Å². The second-order valence-corrected chi connectivity index (χ2v) is 4.69. The molecule has 0 saturated heterocycles. The molecule has 1 unspecified atom stereocenters. The van der Waals surface area contributed by atoms with Crippen molar-refractivity contribution in [1.82, 2.24) is 14.5 Å². The average Bonchev–Trinajstić information content (AvgIpc) is 2.61. The molecule has 0 aromatic carbocycles. The highest BCUT2D eigenvalue weighted by Crippen LogP contribution is 2.01. The molecule has 5 heteroatoms. The van der Waals surface area contributed by atoms with E-state index in [1.54, 1.807) is 6.20 Å². The minimum atomic E-state index is -0.456. The van der Waals surface area contributed by atoms with E-state index in [-0.39, 0.29) is 6.10 Å². The number of rotatable bonds is 7. The molecule has 0 aliphatic heterocycles. The Morgan fingerprint density at radius 1 is 1.53 bits per heavy atom. The minimum absolute atomic E-state index is 0.157. The summed E-state index contributed by atoms with van der Waals surface area (Å²) in [5, 5.41) is 9.77. The zero-order chi connectivity index (χ0) is 12.8. The molecular weight excluding hydrogens is 218 g/mol. The zero-order valence-corrected chi connectivity index (χ0v) is 11.1. The predicted octanol–water partition coefficient (Wildman–Crippen LogP) is 0.638. The summed E-state index contributed by atoms with van der Waals surface area (Å²) in [7, 11) is 3.93. The summed E-state index contributed by atoms with van der Waals surface area (Å²) in [5.74, 6) is 0.990. The van der Waals surface area contributed by atoms with Crippen LogP contribution in [0.5, 0.6) is 0 Å². The second kappa shape index (κ2) is 6.74. The minimum Gasteiger partial charge on any atom is -0.389 e. The Bertz CT molecular complexity index is 325. The molecule has 1 rings (SSSR count). The first-order chi connectivity index (χ1) is 7.99. The number of hydrogen-bond acceptors (Lipinski definition) is 4. The third kappa shape index (κ3) is 5.30. The van der Waals surface area contributed by atoms with Gasteiger partial charge in [-0.3, -0.25) is 4.90 Å². The van der Waals surface area contributed by atoms with Crippen LogP contribution in [0.15, 0.2) is 12.4 Å². The van der Waals surface area contributed by atoms with Crippen molar-refractivity contribution in [2.75, 3.05) is 20.2 Å². The van der Waals surface area contributed by atoms with E-state index in [0.717, 1.165) is 12.4 Å². The van der Waals surface area contributed by atoms with Crippen molar-refractivity contribution >= 4 is 0 Å². The number of nitrogens with zero attached hydrogens (tertiary/aromatic N) is 3. The number of imidazole rings is 1. The molecule has 0 radical (unpaired) electrons. The molecule has 0 aliphatic rings. The Morgan fingerprint density at radius 3 is 2.76 bits per heavy atom. The Labute approximate surface area is 103 Å². The average molecular weight is 241 g/mol. The molecule has 1 heterocycles. The van der Waals surface area contributed by atoms with Crippen molar-refractivity contribution in [3.05, 3.63) is 18.2 Å². The number of aliphatic hydroxyl groups excluding tert-OH is 1. The van der Waals surface area contributed by atoms with Crippen molar-refractivity contribution in [2.24, 2.45) is 7.05 Å². The zero-order valence-electron chi connectivity index (χ0n) is 11.1. The molecule has 1 atom stereocenters. The summed E-state index contributed by atoms with van der Waals surface area (Å²) in [6, 6.07) is 0. The lowest BCUT2D eigenvalue weighted by Gasteiger charge is -2.21. The van der Waals surface area contributed by atoms with Crippen molar-refractivity contribution in [3.8, 4) is 0 Å². The van der Waals surface area contributed by atoms with Crippen LogP contribution in [0.4, 0.5) is 0 Å². The topological polar surface area (TPSA) is 50.5 Å². The van der Waals surface area contributed by atoms with E-state index >= 15 is 0 Å². The molecule has 0 saturated carbocycles. The Morgan fingerprint density at radius 2 is 2.24 bits per heavy atom. The molecular formula is C12H23N3O2. The van der Waals surface area contributed by atoms with E-state index < -0.39 is 6.10 Å². The summed E-state index contributed by atoms with van der Waals surface area (Å²) >= 11 is 0. The van der Waals surface area contributed by atoms with E-state index in [1.807, 2.05) is 43.6 Å². The molecule has 0 aliphatic carbocycles. The fraction of sp³-hybridized carbons (Fsp3) is 0.750. The lowest BCUT2D eigenvalue weighted by Crippen LogP contribution is -2.33. The quantitative estimate of drug-likeness (QED) is 0.761. The Kier molecular flexibility index (Phi) is 5.61. The summed E-state index contributed by atoms with van der Waals surface area (Å²) in [6.07, 6.45) is 3.40. The highest BCUT2D eigenvalue weighted by Gasteiger charge is 2.11. The van der Waals surface area contributed by atoms with Gasteiger partial charge < -0.3 is 14.4 Å². The lowest BCUT2D eigenvalue weighted by molar-refractivity contribution is -0.00663. The number of hydrogen-bond donors (Lipinski definition) is 1. The van der Waals surface area contributed by atoms with Gasteiger partial charge in [-0.2, -0.15) is 0 Å². The highest BCUT2D eigenvalue weighted by molar-refractivity contribution is 4.90. The number of aryl methyl sites for hydroxylation is 1. The smallest absolute Gasteiger partial charge is 0.122 e. The molecule has 1 aromatic rings. The van der Waals surface area contributed by atoms with Crippen LogP contribution in [0.1, 0.15) is 19.7 Å². The number of aromatic nitrogens is 2. The first kappa shape index (κ1) is 14.2. The van der Waals surface area contributed by atoms with Gasteiger partial charge in [0, 0.05) is 26.0 Å². The van der Waals surface area contributed by atoms with Gasteiger partial charge in [0.2, 0.25) is 0 Å². The van der Waals surface area contributed by atoms with Crippen LogP contribution in [-0.4, -0.2) is 52.0 Å². The molecule has 1 aromatic heterocycles. The van der Waals surface area contributed by atoms with Crippen LogP contribution >= 0.6 is 0 Å². The van der Waals surface area contributed by atoms with Crippen LogP contribution in [0.3, 0.4) is 0 Å². The van der Waals surface area contributed by atoms with Gasteiger partial charge in [0.05, 0.1) is 25.4 Å². The van der Waals surface area contributed by atoms with Gasteiger partial charge >= 0.3 is 0 Å². The summed E-state index contributed by atoms with van der Waals surface area (Å²) in [5.41, 5.74) is 0. The van der Waals surface area contributed by atoms with Crippen molar-refractivity contribution < 1.29 is 9.84 Å². The van der Waals surface area contributed by atoms with Gasteiger partial charge in [-0.15, -0.1) is 0 Å². The Hall–Kier alpha value is -0.910. The summed E-state index contributed by atoms with van der Waals surface area (Å²) in [6.45, 7) is 5.61. The van der Waals surface area contributed by atoms with Crippen molar-refractivity contribution in [3.63, 3.8) is 0 Å². The molecule has 0 spiro atoms. The monoisotopic (exact) mass is 241 g/mol. The maximum absolute atomic E-state index is 9.77. The van der Waals surface area contributed by atoms with E-state index in [9.17, 15) is 5.11 Å². The van der Waals surface area contributed by atoms with Crippen LogP contribution in [0, 0.1) is 0 Å². The summed E-state index contributed by atoms with van der Waals surface area (Å²) in [4.78, 5) is 6.28. The predicted molar refractivity (Wildman–Crippen MR) is 66.6 cm³/mol. The maximum atomic E-state index is 9.77. The van der Waals surface area contributed by atoms with Crippen LogP contribution in [-0.2, 0) is 18.3 Å². The summed E-state index contributed by atoms with van der Waals surface area (Å²) < 4.78 is 7.35. The molecule has 0 amide bonds. The van der Waals surface area contributed by atoms with Gasteiger partial charge in [0.25, 0.3) is 0 Å². The SMILES string of the molecule is CC(C)OCC(O)CN(C)Cc1nccn1C. The standard InChI is InChI=1S/C12H23N3O2/c1-10(2)17-9-11(16)7-14(3)8-12-13-5-6-15(12)4/h5-6,10-11,16H,7-9H2,1-4H3. The Balaban J connectivity index is 2.29. The highest BCUT2D eigenvalue weighted by atomic mass is 16.5.